The predicted molar refractivity (Wildman–Crippen MR) is 73.2 cm³/mol. The highest BCUT2D eigenvalue weighted by Crippen LogP contribution is 2.14. The van der Waals surface area contributed by atoms with Gasteiger partial charge in [0.25, 0.3) is 0 Å². The third kappa shape index (κ3) is 5.91. The molecule has 0 aliphatic carbocycles. The van der Waals surface area contributed by atoms with E-state index in [4.69, 9.17) is 0 Å². The van der Waals surface area contributed by atoms with Gasteiger partial charge in [-0.3, -0.25) is 4.99 Å². The van der Waals surface area contributed by atoms with Crippen LogP contribution in [0.15, 0.2) is 4.99 Å². The molecule has 0 amide bonds. The van der Waals surface area contributed by atoms with E-state index in [1.54, 1.807) is 27.8 Å². The normalized spacial score (nSPS) is 13.6. The number of hydrogen-bond donors (Lipinski definition) is 2. The van der Waals surface area contributed by atoms with Gasteiger partial charge in [0.1, 0.15) is 0 Å². The van der Waals surface area contributed by atoms with Gasteiger partial charge in [-0.15, -0.1) is 0 Å². The molecule has 0 aliphatic heterocycles. The fourth-order valence-electron chi connectivity index (χ4n) is 1.07. The molecule has 0 unspecified atom stereocenters. The highest BCUT2D eigenvalue weighted by molar-refractivity contribution is 7.92. The number of aliphatic imine (C=N–C) groups is 1. The largest absolute Gasteiger partial charge is 0.356 e. The molecule has 0 aromatic heterocycles. The van der Waals surface area contributed by atoms with Gasteiger partial charge in [0.05, 0.1) is 10.5 Å². The molecule has 0 aromatic carbocycles. The molecule has 0 atom stereocenters. The van der Waals surface area contributed by atoms with Crippen LogP contribution in [0.25, 0.3) is 0 Å². The molecule has 0 saturated carbocycles. The first-order valence-electron chi connectivity index (χ1n) is 5.91. The molecule has 0 fully saturated rings. The Bertz CT molecular complexity index is 342. The monoisotopic (exact) mass is 263 g/mol. The summed E-state index contributed by atoms with van der Waals surface area (Å²) in [5.74, 6) is 0.763. The average molecular weight is 263 g/mol. The zero-order chi connectivity index (χ0) is 13.5. The second-order valence-electron chi connectivity index (χ2n) is 4.86. The van der Waals surface area contributed by atoms with Crippen LogP contribution in [-0.4, -0.2) is 45.0 Å². The van der Waals surface area contributed by atoms with E-state index in [1.165, 1.54) is 0 Å². The van der Waals surface area contributed by atoms with Crippen LogP contribution in [0.3, 0.4) is 0 Å². The van der Waals surface area contributed by atoms with E-state index in [0.29, 0.717) is 12.5 Å². The standard InChI is InChI=1S/C11H25N3O2S/c1-6-7-13-10(12-5)14-8-9-17(15,16)11(2,3)4/h6-9H2,1-5H3,(H2,12,13,14). The summed E-state index contributed by atoms with van der Waals surface area (Å²) in [5.41, 5.74) is 0. The van der Waals surface area contributed by atoms with Crippen LogP contribution in [0.5, 0.6) is 0 Å². The lowest BCUT2D eigenvalue weighted by Gasteiger charge is -2.19. The quantitative estimate of drug-likeness (QED) is 0.568. The molecular formula is C11H25N3O2S. The van der Waals surface area contributed by atoms with E-state index >= 15 is 0 Å². The van der Waals surface area contributed by atoms with Crippen molar-refractivity contribution in [3.8, 4) is 0 Å². The molecule has 0 bridgehead atoms. The molecule has 5 nitrogen and oxygen atoms in total. The molecular weight excluding hydrogens is 238 g/mol. The summed E-state index contributed by atoms with van der Waals surface area (Å²) < 4.78 is 23.0. The second kappa shape index (κ2) is 6.83. The van der Waals surface area contributed by atoms with Crippen LogP contribution in [0, 0.1) is 0 Å². The summed E-state index contributed by atoms with van der Waals surface area (Å²) >= 11 is 0. The fourth-order valence-corrected chi connectivity index (χ4v) is 2.06. The van der Waals surface area contributed by atoms with Crippen LogP contribution in [0.4, 0.5) is 0 Å². The van der Waals surface area contributed by atoms with Crippen molar-refractivity contribution in [2.24, 2.45) is 4.99 Å². The summed E-state index contributed by atoms with van der Waals surface area (Å²) in [6, 6.07) is 0. The lowest BCUT2D eigenvalue weighted by atomic mass is 10.3. The molecule has 102 valence electrons. The van der Waals surface area contributed by atoms with Crippen molar-refractivity contribution in [3.63, 3.8) is 0 Å². The number of nitrogens with one attached hydrogen (secondary N) is 2. The summed E-state index contributed by atoms with van der Waals surface area (Å²) in [6.07, 6.45) is 1.00. The van der Waals surface area contributed by atoms with Crippen molar-refractivity contribution in [3.05, 3.63) is 0 Å². The Labute approximate surface area is 105 Å². The van der Waals surface area contributed by atoms with Crippen molar-refractivity contribution in [1.82, 2.24) is 10.6 Å². The van der Waals surface area contributed by atoms with Crippen molar-refractivity contribution in [1.29, 1.82) is 0 Å². The average Bonchev–Trinajstić information content (AvgIpc) is 2.21. The van der Waals surface area contributed by atoms with E-state index < -0.39 is 14.6 Å². The highest BCUT2D eigenvalue weighted by Gasteiger charge is 2.28. The summed E-state index contributed by atoms with van der Waals surface area (Å²) in [7, 11) is -1.40. The summed E-state index contributed by atoms with van der Waals surface area (Å²) in [6.45, 7) is 8.41. The Balaban J connectivity index is 4.15. The SMILES string of the molecule is CCCNC(=NC)NCCS(=O)(=O)C(C)(C)C. The molecule has 0 saturated heterocycles. The smallest absolute Gasteiger partial charge is 0.191 e. The molecule has 0 rings (SSSR count). The zero-order valence-electron chi connectivity index (χ0n) is 11.5. The first-order chi connectivity index (χ1) is 7.74. The highest BCUT2D eigenvalue weighted by atomic mass is 32.2. The minimum absolute atomic E-state index is 0.114. The third-order valence-electron chi connectivity index (χ3n) is 2.36. The maximum Gasteiger partial charge on any atom is 0.191 e. The van der Waals surface area contributed by atoms with Gasteiger partial charge in [0.2, 0.25) is 0 Å². The minimum Gasteiger partial charge on any atom is -0.356 e. The minimum atomic E-state index is -3.07. The van der Waals surface area contributed by atoms with Gasteiger partial charge in [-0.25, -0.2) is 8.42 Å². The molecule has 0 aromatic rings. The van der Waals surface area contributed by atoms with E-state index in [1.807, 2.05) is 0 Å². The van der Waals surface area contributed by atoms with Crippen LogP contribution in [0.1, 0.15) is 34.1 Å². The number of guanidine groups is 1. The first kappa shape index (κ1) is 16.2. The molecule has 6 heteroatoms. The Kier molecular flexibility index (Phi) is 6.52. The number of nitrogens with zero attached hydrogens (tertiary/aromatic N) is 1. The van der Waals surface area contributed by atoms with Crippen molar-refractivity contribution in [2.75, 3.05) is 25.9 Å². The molecule has 17 heavy (non-hydrogen) atoms. The van der Waals surface area contributed by atoms with Crippen LogP contribution in [-0.2, 0) is 9.84 Å². The first-order valence-corrected chi connectivity index (χ1v) is 7.56. The lowest BCUT2D eigenvalue weighted by Crippen LogP contribution is -2.42. The number of rotatable bonds is 5. The second-order valence-corrected chi connectivity index (χ2v) is 7.72. The van der Waals surface area contributed by atoms with E-state index in [9.17, 15) is 8.42 Å². The molecule has 0 spiro atoms. The van der Waals surface area contributed by atoms with Gasteiger partial charge in [-0.2, -0.15) is 0 Å². The van der Waals surface area contributed by atoms with E-state index in [0.717, 1.165) is 13.0 Å². The van der Waals surface area contributed by atoms with Crippen LogP contribution >= 0.6 is 0 Å². The summed E-state index contributed by atoms with van der Waals surface area (Å²) in [4.78, 5) is 4.01. The lowest BCUT2D eigenvalue weighted by molar-refractivity contribution is 0.559. The summed E-state index contributed by atoms with van der Waals surface area (Å²) in [5, 5.41) is 6.08. The van der Waals surface area contributed by atoms with Crippen molar-refractivity contribution < 1.29 is 8.42 Å². The van der Waals surface area contributed by atoms with Gasteiger partial charge in [-0.1, -0.05) is 6.92 Å². The predicted octanol–water partition coefficient (Wildman–Crippen LogP) is 0.775. The van der Waals surface area contributed by atoms with Crippen molar-refractivity contribution in [2.45, 2.75) is 38.9 Å². The fraction of sp³-hybridized carbons (Fsp3) is 0.909. The van der Waals surface area contributed by atoms with E-state index in [2.05, 4.69) is 22.5 Å². The molecule has 2 N–H and O–H groups in total. The Morgan fingerprint density at radius 2 is 1.71 bits per heavy atom. The Morgan fingerprint density at radius 1 is 1.18 bits per heavy atom. The van der Waals surface area contributed by atoms with Gasteiger partial charge >= 0.3 is 0 Å². The third-order valence-corrected chi connectivity index (χ3v) is 4.97. The van der Waals surface area contributed by atoms with Gasteiger partial charge in [-0.05, 0) is 27.2 Å². The molecule has 0 heterocycles. The van der Waals surface area contributed by atoms with Gasteiger partial charge in [0, 0.05) is 20.1 Å². The zero-order valence-corrected chi connectivity index (χ0v) is 12.3. The van der Waals surface area contributed by atoms with Crippen LogP contribution in [0.2, 0.25) is 0 Å². The molecule has 0 radical (unpaired) electrons. The van der Waals surface area contributed by atoms with Crippen LogP contribution < -0.4 is 10.6 Å². The number of hydrogen-bond acceptors (Lipinski definition) is 3. The topological polar surface area (TPSA) is 70.6 Å². The van der Waals surface area contributed by atoms with Gasteiger partial charge in [0.15, 0.2) is 15.8 Å². The molecule has 0 aliphatic rings. The maximum atomic E-state index is 11.8. The Hall–Kier alpha value is -0.780. The van der Waals surface area contributed by atoms with Crippen molar-refractivity contribution >= 4 is 15.8 Å². The maximum absolute atomic E-state index is 11.8. The van der Waals surface area contributed by atoms with Gasteiger partial charge < -0.3 is 10.6 Å². The van der Waals surface area contributed by atoms with E-state index in [-0.39, 0.29) is 5.75 Å². The Morgan fingerprint density at radius 3 is 2.12 bits per heavy atom. The number of sulfone groups is 1.